The van der Waals surface area contributed by atoms with Crippen LogP contribution in [0.25, 0.3) is 11.4 Å². The first-order valence-corrected chi connectivity index (χ1v) is 10.7. The number of halogens is 1. The van der Waals surface area contributed by atoms with Crippen molar-refractivity contribution >= 4 is 23.4 Å². The van der Waals surface area contributed by atoms with Gasteiger partial charge < -0.3 is 9.30 Å². The van der Waals surface area contributed by atoms with Crippen molar-refractivity contribution in [2.24, 2.45) is 7.05 Å². The number of aromatic nitrogens is 3. The van der Waals surface area contributed by atoms with Crippen molar-refractivity contribution in [2.45, 2.75) is 17.8 Å². The van der Waals surface area contributed by atoms with Crippen LogP contribution in [-0.2, 0) is 18.3 Å². The highest BCUT2D eigenvalue weighted by atomic mass is 35.5. The van der Waals surface area contributed by atoms with E-state index in [2.05, 4.69) is 33.3 Å². The van der Waals surface area contributed by atoms with E-state index < -0.39 is 0 Å². The van der Waals surface area contributed by atoms with Crippen molar-refractivity contribution in [3.63, 3.8) is 0 Å². The molecule has 1 aliphatic rings. The molecule has 4 rings (SSSR count). The van der Waals surface area contributed by atoms with Crippen LogP contribution < -0.4 is 0 Å². The smallest absolute Gasteiger partial charge is 0.191 e. The van der Waals surface area contributed by atoms with Gasteiger partial charge in [0.25, 0.3) is 0 Å². The molecule has 1 aromatic heterocycles. The average Bonchev–Trinajstić information content (AvgIpc) is 3.09. The fourth-order valence-electron chi connectivity index (χ4n) is 3.34. The lowest BCUT2D eigenvalue weighted by molar-refractivity contribution is -0.0187. The van der Waals surface area contributed by atoms with Crippen LogP contribution in [0.5, 0.6) is 0 Å². The van der Waals surface area contributed by atoms with E-state index in [0.717, 1.165) is 53.6 Å². The van der Waals surface area contributed by atoms with Crippen molar-refractivity contribution in [3.8, 4) is 11.4 Å². The first kappa shape index (κ1) is 19.5. The lowest BCUT2D eigenvalue weighted by Gasteiger charge is -2.32. The summed E-state index contributed by atoms with van der Waals surface area (Å²) in [6, 6.07) is 18.2. The summed E-state index contributed by atoms with van der Waals surface area (Å²) in [6.45, 7) is 3.41. The number of hydrogen-bond donors (Lipinski definition) is 0. The molecule has 0 N–H and O–H groups in total. The Hall–Kier alpha value is -1.86. The normalized spacial score (nSPS) is 17.7. The standard InChI is InChI=1S/C21H23ClN4OS/c1-25-20(16-7-3-2-4-8-16)23-24-21(25)28-15-18-14-26(11-12-27-18)13-17-9-5-6-10-19(17)22/h2-10,18H,11-15H2,1H3/t18-/m1/s1. The van der Waals surface area contributed by atoms with Gasteiger partial charge >= 0.3 is 0 Å². The Kier molecular flexibility index (Phi) is 6.32. The van der Waals surface area contributed by atoms with E-state index in [1.807, 2.05) is 48.0 Å². The predicted molar refractivity (Wildman–Crippen MR) is 114 cm³/mol. The van der Waals surface area contributed by atoms with Gasteiger partial charge in [0.2, 0.25) is 0 Å². The first-order chi connectivity index (χ1) is 13.7. The zero-order valence-corrected chi connectivity index (χ0v) is 17.4. The molecule has 1 aliphatic heterocycles. The van der Waals surface area contributed by atoms with Crippen molar-refractivity contribution in [1.82, 2.24) is 19.7 Å². The van der Waals surface area contributed by atoms with E-state index in [4.69, 9.17) is 16.3 Å². The molecule has 7 heteroatoms. The zero-order valence-electron chi connectivity index (χ0n) is 15.8. The molecule has 0 amide bonds. The van der Waals surface area contributed by atoms with E-state index in [0.29, 0.717) is 0 Å². The molecule has 28 heavy (non-hydrogen) atoms. The summed E-state index contributed by atoms with van der Waals surface area (Å²) in [7, 11) is 2.01. The van der Waals surface area contributed by atoms with E-state index in [9.17, 15) is 0 Å². The average molecular weight is 415 g/mol. The molecule has 1 saturated heterocycles. The highest BCUT2D eigenvalue weighted by molar-refractivity contribution is 7.99. The quantitative estimate of drug-likeness (QED) is 0.567. The van der Waals surface area contributed by atoms with Crippen LogP contribution >= 0.6 is 23.4 Å². The largest absolute Gasteiger partial charge is 0.375 e. The van der Waals surface area contributed by atoms with Gasteiger partial charge in [0.15, 0.2) is 11.0 Å². The van der Waals surface area contributed by atoms with E-state index >= 15 is 0 Å². The van der Waals surface area contributed by atoms with Crippen molar-refractivity contribution in [1.29, 1.82) is 0 Å². The molecule has 0 aliphatic carbocycles. The SMILES string of the molecule is Cn1c(SC[C@H]2CN(Cc3ccccc3Cl)CCO2)nnc1-c1ccccc1. The maximum atomic E-state index is 6.31. The summed E-state index contributed by atoms with van der Waals surface area (Å²) < 4.78 is 8.02. The highest BCUT2D eigenvalue weighted by Crippen LogP contribution is 2.25. The van der Waals surface area contributed by atoms with Gasteiger partial charge in [0, 0.05) is 43.0 Å². The number of benzene rings is 2. The molecule has 0 spiro atoms. The van der Waals surface area contributed by atoms with Gasteiger partial charge in [0.1, 0.15) is 0 Å². The van der Waals surface area contributed by atoms with Crippen molar-refractivity contribution in [2.75, 3.05) is 25.4 Å². The fraction of sp³-hybridized carbons (Fsp3) is 0.333. The second kappa shape index (κ2) is 9.09. The highest BCUT2D eigenvalue weighted by Gasteiger charge is 2.22. The molecule has 0 radical (unpaired) electrons. The van der Waals surface area contributed by atoms with Crippen molar-refractivity contribution < 1.29 is 4.74 Å². The Balaban J connectivity index is 1.35. The molecule has 2 aromatic carbocycles. The summed E-state index contributed by atoms with van der Waals surface area (Å²) in [6.07, 6.45) is 0.165. The summed E-state index contributed by atoms with van der Waals surface area (Å²) in [5.74, 6) is 1.73. The van der Waals surface area contributed by atoms with Crippen LogP contribution in [0.3, 0.4) is 0 Å². The number of rotatable bonds is 6. The van der Waals surface area contributed by atoms with Gasteiger partial charge in [0.05, 0.1) is 12.7 Å². The van der Waals surface area contributed by atoms with Gasteiger partial charge in [-0.2, -0.15) is 0 Å². The van der Waals surface area contributed by atoms with Crippen LogP contribution in [0.1, 0.15) is 5.56 Å². The molecule has 2 heterocycles. The monoisotopic (exact) mass is 414 g/mol. The minimum absolute atomic E-state index is 0.165. The molecule has 1 atom stereocenters. The number of thioether (sulfide) groups is 1. The number of morpholine rings is 1. The maximum absolute atomic E-state index is 6.31. The van der Waals surface area contributed by atoms with Crippen molar-refractivity contribution in [3.05, 3.63) is 65.2 Å². The Morgan fingerprint density at radius 1 is 1.11 bits per heavy atom. The molecule has 146 valence electrons. The molecule has 0 saturated carbocycles. The van der Waals surface area contributed by atoms with Gasteiger partial charge in [-0.15, -0.1) is 10.2 Å². The van der Waals surface area contributed by atoms with E-state index in [1.165, 1.54) is 5.56 Å². The van der Waals surface area contributed by atoms with Gasteiger partial charge in [-0.3, -0.25) is 4.90 Å². The Morgan fingerprint density at radius 3 is 2.71 bits per heavy atom. The predicted octanol–water partition coefficient (Wildman–Crippen LogP) is 4.13. The third kappa shape index (κ3) is 4.58. The van der Waals surface area contributed by atoms with Crippen LogP contribution in [0.15, 0.2) is 59.8 Å². The second-order valence-corrected chi connectivity index (χ2v) is 8.26. The summed E-state index contributed by atoms with van der Waals surface area (Å²) >= 11 is 8.00. The van der Waals surface area contributed by atoms with Crippen LogP contribution in [0.2, 0.25) is 5.02 Å². The molecular weight excluding hydrogens is 392 g/mol. The molecule has 0 bridgehead atoms. The van der Waals surface area contributed by atoms with E-state index in [1.54, 1.807) is 11.8 Å². The topological polar surface area (TPSA) is 43.2 Å². The third-order valence-electron chi connectivity index (χ3n) is 4.84. The first-order valence-electron chi connectivity index (χ1n) is 9.35. The zero-order chi connectivity index (χ0) is 19.3. The summed E-state index contributed by atoms with van der Waals surface area (Å²) in [4.78, 5) is 2.40. The number of nitrogens with zero attached hydrogens (tertiary/aromatic N) is 4. The lowest BCUT2D eigenvalue weighted by Crippen LogP contribution is -2.43. The third-order valence-corrected chi connectivity index (χ3v) is 6.36. The maximum Gasteiger partial charge on any atom is 0.191 e. The Bertz CT molecular complexity index is 918. The molecule has 1 fully saturated rings. The van der Waals surface area contributed by atoms with Gasteiger partial charge in [-0.25, -0.2) is 0 Å². The van der Waals surface area contributed by atoms with Crippen LogP contribution in [-0.4, -0.2) is 51.2 Å². The van der Waals surface area contributed by atoms with Gasteiger partial charge in [-0.05, 0) is 11.6 Å². The fourth-order valence-corrected chi connectivity index (χ4v) is 4.45. The number of ether oxygens (including phenoxy) is 1. The number of hydrogen-bond acceptors (Lipinski definition) is 5. The molecular formula is C21H23ClN4OS. The minimum Gasteiger partial charge on any atom is -0.375 e. The van der Waals surface area contributed by atoms with Crippen LogP contribution in [0.4, 0.5) is 0 Å². The molecule has 0 unspecified atom stereocenters. The van der Waals surface area contributed by atoms with Crippen LogP contribution in [0, 0.1) is 0 Å². The molecule has 5 nitrogen and oxygen atoms in total. The Labute approximate surface area is 174 Å². The Morgan fingerprint density at radius 2 is 1.89 bits per heavy atom. The molecule has 3 aromatic rings. The second-order valence-electron chi connectivity index (χ2n) is 6.86. The summed E-state index contributed by atoms with van der Waals surface area (Å²) in [5, 5.41) is 10.5. The van der Waals surface area contributed by atoms with E-state index in [-0.39, 0.29) is 6.10 Å². The minimum atomic E-state index is 0.165. The van der Waals surface area contributed by atoms with Gasteiger partial charge in [-0.1, -0.05) is 71.9 Å². The summed E-state index contributed by atoms with van der Waals surface area (Å²) in [5.41, 5.74) is 2.24. The lowest BCUT2D eigenvalue weighted by atomic mass is 10.2.